The van der Waals surface area contributed by atoms with E-state index in [1.807, 2.05) is 0 Å². The van der Waals surface area contributed by atoms with Gasteiger partial charge in [-0.3, -0.25) is 0 Å². The first-order valence-electron chi connectivity index (χ1n) is 5.84. The van der Waals surface area contributed by atoms with E-state index in [-0.39, 0.29) is 6.10 Å². The van der Waals surface area contributed by atoms with E-state index in [1.165, 1.54) is 11.3 Å². The fourth-order valence-electron chi connectivity index (χ4n) is 2.24. The molecule has 1 saturated heterocycles. The minimum Gasteiger partial charge on any atom is -0.392 e. The van der Waals surface area contributed by atoms with Crippen LogP contribution in [-0.4, -0.2) is 37.4 Å². The highest BCUT2D eigenvalue weighted by molar-refractivity contribution is 5.47. The molecule has 3 heteroatoms. The number of rotatable bonds is 3. The van der Waals surface area contributed by atoms with Gasteiger partial charge in [-0.2, -0.15) is 0 Å². The molecule has 0 aliphatic carbocycles. The lowest BCUT2D eigenvalue weighted by Crippen LogP contribution is -2.35. The lowest BCUT2D eigenvalue weighted by Gasteiger charge is -2.23. The minimum atomic E-state index is -0.170. The highest BCUT2D eigenvalue weighted by Crippen LogP contribution is 2.16. The number of aliphatic hydroxyl groups excluding tert-OH is 1. The predicted molar refractivity (Wildman–Crippen MR) is 66.9 cm³/mol. The van der Waals surface area contributed by atoms with Crippen LogP contribution in [0.5, 0.6) is 0 Å². The SMILES string of the molecule is Cc1cccc(N(C)CC2CC(O)CN2)c1. The monoisotopic (exact) mass is 220 g/mol. The van der Waals surface area contributed by atoms with Crippen molar-refractivity contribution >= 4 is 5.69 Å². The molecule has 2 atom stereocenters. The number of hydrogen-bond acceptors (Lipinski definition) is 3. The fourth-order valence-corrected chi connectivity index (χ4v) is 2.24. The number of likely N-dealkylation sites (N-methyl/N-ethyl adjacent to an activating group) is 1. The van der Waals surface area contributed by atoms with Gasteiger partial charge in [0.2, 0.25) is 0 Å². The Hall–Kier alpha value is -1.06. The number of aryl methyl sites for hydroxylation is 1. The topological polar surface area (TPSA) is 35.5 Å². The zero-order valence-electron chi connectivity index (χ0n) is 9.98. The highest BCUT2D eigenvalue weighted by atomic mass is 16.3. The van der Waals surface area contributed by atoms with Crippen molar-refractivity contribution in [3.05, 3.63) is 29.8 Å². The molecule has 2 unspecified atom stereocenters. The maximum atomic E-state index is 9.45. The maximum Gasteiger partial charge on any atom is 0.0680 e. The predicted octanol–water partition coefficient (Wildman–Crippen LogP) is 1.15. The van der Waals surface area contributed by atoms with E-state index < -0.39 is 0 Å². The molecule has 88 valence electrons. The van der Waals surface area contributed by atoms with Crippen LogP contribution in [-0.2, 0) is 0 Å². The second kappa shape index (κ2) is 4.85. The molecule has 0 spiro atoms. The third-order valence-corrected chi connectivity index (χ3v) is 3.14. The molecule has 1 aliphatic rings. The lowest BCUT2D eigenvalue weighted by atomic mass is 10.1. The summed E-state index contributed by atoms with van der Waals surface area (Å²) in [5, 5.41) is 12.8. The minimum absolute atomic E-state index is 0.170. The van der Waals surface area contributed by atoms with Crippen LogP contribution in [0.2, 0.25) is 0 Å². The van der Waals surface area contributed by atoms with E-state index in [2.05, 4.69) is 48.5 Å². The van der Waals surface area contributed by atoms with Gasteiger partial charge >= 0.3 is 0 Å². The molecule has 1 aromatic carbocycles. The standard InChI is InChI=1S/C13H20N2O/c1-10-4-3-5-12(6-10)15(2)9-11-7-13(16)8-14-11/h3-6,11,13-14,16H,7-9H2,1-2H3. The Morgan fingerprint density at radius 2 is 2.31 bits per heavy atom. The van der Waals surface area contributed by atoms with Crippen molar-refractivity contribution in [1.29, 1.82) is 0 Å². The zero-order chi connectivity index (χ0) is 11.5. The van der Waals surface area contributed by atoms with Crippen molar-refractivity contribution in [3.8, 4) is 0 Å². The maximum absolute atomic E-state index is 9.45. The Morgan fingerprint density at radius 3 is 2.94 bits per heavy atom. The van der Waals surface area contributed by atoms with Gasteiger partial charge in [-0.1, -0.05) is 12.1 Å². The van der Waals surface area contributed by atoms with Crippen LogP contribution in [0.25, 0.3) is 0 Å². The van der Waals surface area contributed by atoms with Gasteiger partial charge in [-0.05, 0) is 31.0 Å². The number of hydrogen-bond donors (Lipinski definition) is 2. The van der Waals surface area contributed by atoms with E-state index in [0.717, 1.165) is 19.5 Å². The van der Waals surface area contributed by atoms with Gasteiger partial charge in [-0.25, -0.2) is 0 Å². The van der Waals surface area contributed by atoms with Crippen molar-refractivity contribution in [2.24, 2.45) is 0 Å². The van der Waals surface area contributed by atoms with Crippen LogP contribution < -0.4 is 10.2 Å². The number of anilines is 1. The molecule has 3 nitrogen and oxygen atoms in total. The number of β-amino-alcohol motifs (C(OH)–C–C–N with tert-alkyl or cyclic N) is 1. The quantitative estimate of drug-likeness (QED) is 0.802. The third-order valence-electron chi connectivity index (χ3n) is 3.14. The first-order valence-corrected chi connectivity index (χ1v) is 5.84. The number of nitrogens with one attached hydrogen (secondary N) is 1. The Kier molecular flexibility index (Phi) is 3.46. The zero-order valence-corrected chi connectivity index (χ0v) is 9.98. The summed E-state index contributed by atoms with van der Waals surface area (Å²) in [6.45, 7) is 3.78. The molecule has 0 saturated carbocycles. The van der Waals surface area contributed by atoms with E-state index in [0.29, 0.717) is 6.04 Å². The molecular formula is C13H20N2O. The fraction of sp³-hybridized carbons (Fsp3) is 0.538. The molecule has 0 amide bonds. The summed E-state index contributed by atoms with van der Waals surface area (Å²) in [6.07, 6.45) is 0.687. The first kappa shape index (κ1) is 11.4. The smallest absolute Gasteiger partial charge is 0.0680 e. The Labute approximate surface area is 97.1 Å². The van der Waals surface area contributed by atoms with Crippen molar-refractivity contribution in [3.63, 3.8) is 0 Å². The summed E-state index contributed by atoms with van der Waals surface area (Å²) >= 11 is 0. The average Bonchev–Trinajstić information content (AvgIpc) is 2.64. The summed E-state index contributed by atoms with van der Waals surface area (Å²) < 4.78 is 0. The molecular weight excluding hydrogens is 200 g/mol. The Bertz CT molecular complexity index is 354. The number of nitrogens with zero attached hydrogens (tertiary/aromatic N) is 1. The van der Waals surface area contributed by atoms with Gasteiger partial charge < -0.3 is 15.3 Å². The molecule has 2 rings (SSSR count). The number of benzene rings is 1. The van der Waals surface area contributed by atoms with Crippen LogP contribution in [0.4, 0.5) is 5.69 Å². The van der Waals surface area contributed by atoms with Gasteiger partial charge in [0, 0.05) is 31.9 Å². The summed E-state index contributed by atoms with van der Waals surface area (Å²) in [5.41, 5.74) is 2.52. The molecule has 16 heavy (non-hydrogen) atoms. The van der Waals surface area contributed by atoms with Crippen LogP contribution in [0.15, 0.2) is 24.3 Å². The summed E-state index contributed by atoms with van der Waals surface area (Å²) in [7, 11) is 2.10. The van der Waals surface area contributed by atoms with Crippen LogP contribution in [0, 0.1) is 6.92 Å². The first-order chi connectivity index (χ1) is 7.65. The van der Waals surface area contributed by atoms with Crippen LogP contribution in [0.1, 0.15) is 12.0 Å². The Morgan fingerprint density at radius 1 is 1.50 bits per heavy atom. The van der Waals surface area contributed by atoms with Gasteiger partial charge in [0.05, 0.1) is 6.10 Å². The third kappa shape index (κ3) is 2.74. The van der Waals surface area contributed by atoms with Crippen molar-refractivity contribution < 1.29 is 5.11 Å². The van der Waals surface area contributed by atoms with E-state index in [1.54, 1.807) is 0 Å². The van der Waals surface area contributed by atoms with Crippen molar-refractivity contribution in [1.82, 2.24) is 5.32 Å². The number of aliphatic hydroxyl groups is 1. The van der Waals surface area contributed by atoms with Gasteiger partial charge in [0.25, 0.3) is 0 Å². The van der Waals surface area contributed by atoms with Gasteiger partial charge in [0.15, 0.2) is 0 Å². The molecule has 1 aliphatic heterocycles. The van der Waals surface area contributed by atoms with E-state index >= 15 is 0 Å². The molecule has 2 N–H and O–H groups in total. The molecule has 0 bridgehead atoms. The molecule has 1 heterocycles. The molecule has 0 aromatic heterocycles. The Balaban J connectivity index is 1.95. The van der Waals surface area contributed by atoms with Gasteiger partial charge in [0.1, 0.15) is 0 Å². The second-order valence-electron chi connectivity index (χ2n) is 4.71. The summed E-state index contributed by atoms with van der Waals surface area (Å²) in [5.74, 6) is 0. The largest absolute Gasteiger partial charge is 0.392 e. The molecule has 0 radical (unpaired) electrons. The van der Waals surface area contributed by atoms with Crippen molar-refractivity contribution in [2.45, 2.75) is 25.5 Å². The van der Waals surface area contributed by atoms with Crippen LogP contribution >= 0.6 is 0 Å². The highest BCUT2D eigenvalue weighted by Gasteiger charge is 2.22. The summed E-state index contributed by atoms with van der Waals surface area (Å²) in [4.78, 5) is 2.24. The van der Waals surface area contributed by atoms with Gasteiger partial charge in [-0.15, -0.1) is 0 Å². The van der Waals surface area contributed by atoms with Crippen LogP contribution in [0.3, 0.4) is 0 Å². The second-order valence-corrected chi connectivity index (χ2v) is 4.71. The van der Waals surface area contributed by atoms with Crippen molar-refractivity contribution in [2.75, 3.05) is 25.0 Å². The normalized spacial score (nSPS) is 24.7. The van der Waals surface area contributed by atoms with E-state index in [9.17, 15) is 5.11 Å². The van der Waals surface area contributed by atoms with E-state index in [4.69, 9.17) is 0 Å². The molecule has 1 aromatic rings. The lowest BCUT2D eigenvalue weighted by molar-refractivity contribution is 0.193. The average molecular weight is 220 g/mol. The summed E-state index contributed by atoms with van der Waals surface area (Å²) in [6, 6.07) is 8.90. The molecule has 1 fully saturated rings.